The zero-order valence-corrected chi connectivity index (χ0v) is 13.4. The van der Waals surface area contributed by atoms with Crippen molar-refractivity contribution < 1.29 is 4.79 Å². The molecule has 0 radical (unpaired) electrons. The lowest BCUT2D eigenvalue weighted by Crippen LogP contribution is -2.41. The number of aromatic nitrogens is 3. The van der Waals surface area contributed by atoms with Gasteiger partial charge in [-0.25, -0.2) is 4.98 Å². The molecular formula is C17H24N4O. The maximum absolute atomic E-state index is 12.6. The molecular weight excluding hydrogens is 276 g/mol. The predicted molar refractivity (Wildman–Crippen MR) is 85.6 cm³/mol. The van der Waals surface area contributed by atoms with Crippen molar-refractivity contribution in [2.75, 3.05) is 13.1 Å². The summed E-state index contributed by atoms with van der Waals surface area (Å²) in [5.41, 5.74) is 0. The fraction of sp³-hybridized carbons (Fsp3) is 0.529. The lowest BCUT2D eigenvalue weighted by atomic mass is 10.0. The highest BCUT2D eigenvalue weighted by atomic mass is 16.2. The van der Waals surface area contributed by atoms with E-state index in [1.165, 1.54) is 0 Å². The number of aryl methyl sites for hydroxylation is 1. The first kappa shape index (κ1) is 14.9. The van der Waals surface area contributed by atoms with E-state index in [1.54, 1.807) is 0 Å². The highest BCUT2D eigenvalue weighted by Gasteiger charge is 2.26. The third-order valence-electron chi connectivity index (χ3n) is 4.61. The Balaban J connectivity index is 1.62. The molecule has 2 aromatic rings. The molecule has 22 heavy (non-hydrogen) atoms. The summed E-state index contributed by atoms with van der Waals surface area (Å²) in [5, 5.41) is 0. The second-order valence-corrected chi connectivity index (χ2v) is 6.20. The van der Waals surface area contributed by atoms with Crippen LogP contribution in [0.25, 0.3) is 0 Å². The van der Waals surface area contributed by atoms with Gasteiger partial charge in [-0.3, -0.25) is 4.79 Å². The number of likely N-dealkylation sites (tertiary alicyclic amines) is 1. The Morgan fingerprint density at radius 1 is 1.36 bits per heavy atom. The molecule has 118 valence electrons. The fourth-order valence-corrected chi connectivity index (χ4v) is 3.31. The van der Waals surface area contributed by atoms with Gasteiger partial charge in [0.15, 0.2) is 0 Å². The molecule has 0 saturated carbocycles. The molecule has 0 unspecified atom stereocenters. The number of imidazole rings is 1. The number of rotatable bonds is 4. The first-order valence-corrected chi connectivity index (χ1v) is 8.05. The van der Waals surface area contributed by atoms with E-state index in [2.05, 4.69) is 21.0 Å². The third-order valence-corrected chi connectivity index (χ3v) is 4.61. The van der Waals surface area contributed by atoms with Crippen molar-refractivity contribution in [2.45, 2.75) is 45.2 Å². The van der Waals surface area contributed by atoms with E-state index in [4.69, 9.17) is 0 Å². The highest BCUT2D eigenvalue weighted by molar-refractivity contribution is 5.76. The minimum Gasteiger partial charge on any atom is -0.351 e. The highest BCUT2D eigenvalue weighted by Crippen LogP contribution is 2.24. The maximum Gasteiger partial charge on any atom is 0.224 e. The van der Waals surface area contributed by atoms with Gasteiger partial charge in [0.2, 0.25) is 5.91 Å². The van der Waals surface area contributed by atoms with Gasteiger partial charge < -0.3 is 14.0 Å². The molecule has 1 aliphatic rings. The minimum absolute atomic E-state index is 0.206. The van der Waals surface area contributed by atoms with E-state index < -0.39 is 0 Å². The summed E-state index contributed by atoms with van der Waals surface area (Å²) in [6, 6.07) is 4.57. The SMILES string of the molecule is Cc1nccn1[C@@H]1CCCN(C(=O)C[C@@H](C)n2cccc2)C1. The van der Waals surface area contributed by atoms with Crippen molar-refractivity contribution in [1.82, 2.24) is 19.0 Å². The van der Waals surface area contributed by atoms with Crippen LogP contribution in [0.1, 0.15) is 44.1 Å². The lowest BCUT2D eigenvalue weighted by Gasteiger charge is -2.34. The van der Waals surface area contributed by atoms with E-state index in [-0.39, 0.29) is 11.9 Å². The van der Waals surface area contributed by atoms with Crippen LogP contribution in [0.15, 0.2) is 36.9 Å². The smallest absolute Gasteiger partial charge is 0.224 e. The van der Waals surface area contributed by atoms with Gasteiger partial charge in [-0.2, -0.15) is 0 Å². The minimum atomic E-state index is 0.206. The van der Waals surface area contributed by atoms with Crippen LogP contribution in [0, 0.1) is 6.92 Å². The largest absolute Gasteiger partial charge is 0.351 e. The van der Waals surface area contributed by atoms with Crippen LogP contribution in [0.2, 0.25) is 0 Å². The summed E-state index contributed by atoms with van der Waals surface area (Å²) in [7, 11) is 0. The molecule has 3 rings (SSSR count). The number of piperidine rings is 1. The van der Waals surface area contributed by atoms with Crippen molar-refractivity contribution >= 4 is 5.91 Å². The van der Waals surface area contributed by atoms with Gasteiger partial charge in [0.1, 0.15) is 5.82 Å². The predicted octanol–water partition coefficient (Wildman–Crippen LogP) is 2.81. The Labute approximate surface area is 131 Å². The molecule has 1 aliphatic heterocycles. The second-order valence-electron chi connectivity index (χ2n) is 6.20. The Kier molecular flexibility index (Phi) is 4.32. The zero-order valence-electron chi connectivity index (χ0n) is 13.4. The molecule has 5 heteroatoms. The third kappa shape index (κ3) is 3.08. The number of nitrogens with zero attached hydrogens (tertiary/aromatic N) is 4. The van der Waals surface area contributed by atoms with Crippen molar-refractivity contribution in [1.29, 1.82) is 0 Å². The Morgan fingerprint density at radius 2 is 2.14 bits per heavy atom. The molecule has 3 heterocycles. The van der Waals surface area contributed by atoms with Crippen molar-refractivity contribution in [3.05, 3.63) is 42.7 Å². The second kappa shape index (κ2) is 6.38. The average molecular weight is 300 g/mol. The van der Waals surface area contributed by atoms with E-state index >= 15 is 0 Å². The van der Waals surface area contributed by atoms with E-state index in [1.807, 2.05) is 48.7 Å². The Bertz CT molecular complexity index is 616. The van der Waals surface area contributed by atoms with E-state index in [0.717, 1.165) is 31.8 Å². The number of carbonyl (C=O) groups excluding carboxylic acids is 1. The van der Waals surface area contributed by atoms with Crippen LogP contribution < -0.4 is 0 Å². The van der Waals surface area contributed by atoms with Crippen LogP contribution in [-0.4, -0.2) is 38.0 Å². The molecule has 1 fully saturated rings. The topological polar surface area (TPSA) is 43.1 Å². The van der Waals surface area contributed by atoms with Crippen LogP contribution >= 0.6 is 0 Å². The van der Waals surface area contributed by atoms with Crippen LogP contribution in [-0.2, 0) is 4.79 Å². The number of hydrogen-bond acceptors (Lipinski definition) is 2. The molecule has 1 saturated heterocycles. The number of carbonyl (C=O) groups is 1. The van der Waals surface area contributed by atoms with Crippen LogP contribution in [0.3, 0.4) is 0 Å². The van der Waals surface area contributed by atoms with Gasteiger partial charge in [0.25, 0.3) is 0 Å². The number of hydrogen-bond donors (Lipinski definition) is 0. The zero-order chi connectivity index (χ0) is 15.5. The Morgan fingerprint density at radius 3 is 2.82 bits per heavy atom. The first-order valence-electron chi connectivity index (χ1n) is 8.05. The fourth-order valence-electron chi connectivity index (χ4n) is 3.31. The van der Waals surface area contributed by atoms with Gasteiger partial charge in [-0.1, -0.05) is 0 Å². The van der Waals surface area contributed by atoms with Gasteiger partial charge >= 0.3 is 0 Å². The summed E-state index contributed by atoms with van der Waals surface area (Å²) >= 11 is 0. The maximum atomic E-state index is 12.6. The van der Waals surface area contributed by atoms with Crippen molar-refractivity contribution in [3.63, 3.8) is 0 Å². The lowest BCUT2D eigenvalue weighted by molar-refractivity contribution is -0.133. The molecule has 2 aromatic heterocycles. The van der Waals surface area contributed by atoms with Crippen LogP contribution in [0.5, 0.6) is 0 Å². The molecule has 5 nitrogen and oxygen atoms in total. The summed E-state index contributed by atoms with van der Waals surface area (Å²) < 4.78 is 4.30. The van der Waals surface area contributed by atoms with Crippen LogP contribution in [0.4, 0.5) is 0 Å². The monoisotopic (exact) mass is 300 g/mol. The summed E-state index contributed by atoms with van der Waals surface area (Å²) in [4.78, 5) is 18.9. The molecule has 2 atom stereocenters. The van der Waals surface area contributed by atoms with E-state index in [0.29, 0.717) is 12.5 Å². The van der Waals surface area contributed by atoms with E-state index in [9.17, 15) is 4.79 Å². The Hall–Kier alpha value is -2.04. The average Bonchev–Trinajstić information content (AvgIpc) is 3.18. The quantitative estimate of drug-likeness (QED) is 0.871. The summed E-state index contributed by atoms with van der Waals surface area (Å²) in [6.45, 7) is 5.80. The molecule has 0 N–H and O–H groups in total. The normalized spacial score (nSPS) is 20.1. The molecule has 0 aliphatic carbocycles. The molecule has 0 spiro atoms. The molecule has 0 bridgehead atoms. The first-order chi connectivity index (χ1) is 10.6. The van der Waals surface area contributed by atoms with Crippen molar-refractivity contribution in [2.24, 2.45) is 0 Å². The summed E-state index contributed by atoms with van der Waals surface area (Å²) in [5.74, 6) is 1.28. The van der Waals surface area contributed by atoms with Gasteiger partial charge in [0, 0.05) is 50.3 Å². The summed E-state index contributed by atoms with van der Waals surface area (Å²) in [6.07, 6.45) is 10.6. The number of amides is 1. The van der Waals surface area contributed by atoms with Gasteiger partial charge in [-0.15, -0.1) is 0 Å². The van der Waals surface area contributed by atoms with Gasteiger partial charge in [0.05, 0.1) is 6.04 Å². The van der Waals surface area contributed by atoms with Crippen molar-refractivity contribution in [3.8, 4) is 0 Å². The standard InChI is InChI=1S/C17H24N4O/c1-14(19-8-3-4-9-19)12-17(22)20-10-5-6-16(13-20)21-11-7-18-15(21)2/h3-4,7-9,11,14,16H,5-6,10,12-13H2,1-2H3/t14-,16-/m1/s1. The van der Waals surface area contributed by atoms with Gasteiger partial charge in [-0.05, 0) is 38.8 Å². The molecule has 1 amide bonds. The molecule has 0 aromatic carbocycles.